The Balaban J connectivity index is 1.63. The van der Waals surface area contributed by atoms with Crippen molar-refractivity contribution in [2.24, 2.45) is 15.3 Å². The molecule has 0 aliphatic rings. The summed E-state index contributed by atoms with van der Waals surface area (Å²) in [5.74, 6) is 0.471. The predicted molar refractivity (Wildman–Crippen MR) is 110 cm³/mol. The molecule has 0 aliphatic heterocycles. The summed E-state index contributed by atoms with van der Waals surface area (Å²) in [6.45, 7) is 0. The molecule has 8 heteroatoms. The molecule has 1 N–H and O–H groups in total. The number of amidine groups is 1. The quantitative estimate of drug-likeness (QED) is 0.183. The summed E-state index contributed by atoms with van der Waals surface area (Å²) in [5, 5.41) is 16.1. The number of hydrogen-bond acceptors (Lipinski definition) is 6. The van der Waals surface area contributed by atoms with E-state index in [-0.39, 0.29) is 0 Å². The second-order valence-corrected chi connectivity index (χ2v) is 7.53. The number of azo groups is 1. The predicted octanol–water partition coefficient (Wildman–Crippen LogP) is 6.57. The molecular formula is C18H12ClN5S2. The molecule has 26 heavy (non-hydrogen) atoms. The van der Waals surface area contributed by atoms with Crippen molar-refractivity contribution in [3.05, 3.63) is 75.9 Å². The first kappa shape index (κ1) is 16.8. The number of halogens is 1. The largest absolute Gasteiger partial charge is 0.275 e. The van der Waals surface area contributed by atoms with Gasteiger partial charge in [-0.25, -0.2) is 4.98 Å². The zero-order chi connectivity index (χ0) is 17.8. The fourth-order valence-corrected chi connectivity index (χ4v) is 3.81. The third-order valence-electron chi connectivity index (χ3n) is 3.41. The Bertz CT molecular complexity index is 1050. The van der Waals surface area contributed by atoms with Crippen molar-refractivity contribution < 1.29 is 0 Å². The minimum Gasteiger partial charge on any atom is -0.275 e. The van der Waals surface area contributed by atoms with Crippen LogP contribution in [-0.2, 0) is 0 Å². The molecule has 2 aromatic heterocycles. The minimum atomic E-state index is 0.471. The second kappa shape index (κ2) is 7.74. The summed E-state index contributed by atoms with van der Waals surface area (Å²) in [6.07, 6.45) is 0. The van der Waals surface area contributed by atoms with Crippen LogP contribution in [0.25, 0.3) is 10.2 Å². The number of thiazole rings is 1. The number of thiophene rings is 1. The fourth-order valence-electron chi connectivity index (χ4n) is 2.19. The molecule has 2 heterocycles. The first-order valence-corrected chi connectivity index (χ1v) is 9.76. The number of para-hydroxylation sites is 2. The molecule has 0 spiro atoms. The van der Waals surface area contributed by atoms with Crippen molar-refractivity contribution in [2.45, 2.75) is 0 Å². The van der Waals surface area contributed by atoms with Gasteiger partial charge in [0, 0.05) is 0 Å². The molecule has 0 unspecified atom stereocenters. The molecule has 5 nitrogen and oxygen atoms in total. The lowest BCUT2D eigenvalue weighted by Crippen LogP contribution is -1.99. The zero-order valence-electron chi connectivity index (χ0n) is 13.3. The smallest absolute Gasteiger partial charge is 0.231 e. The van der Waals surface area contributed by atoms with Crippen LogP contribution in [0.5, 0.6) is 0 Å². The Labute approximate surface area is 162 Å². The second-order valence-electron chi connectivity index (χ2n) is 5.17. The van der Waals surface area contributed by atoms with Crippen molar-refractivity contribution in [3.8, 4) is 0 Å². The van der Waals surface area contributed by atoms with Crippen molar-refractivity contribution >= 4 is 61.1 Å². The van der Waals surface area contributed by atoms with Crippen LogP contribution >= 0.6 is 34.3 Å². The van der Waals surface area contributed by atoms with Crippen LogP contribution in [0.2, 0.25) is 5.02 Å². The molecule has 0 amide bonds. The van der Waals surface area contributed by atoms with Gasteiger partial charge in [-0.1, -0.05) is 53.3 Å². The van der Waals surface area contributed by atoms with E-state index < -0.39 is 0 Å². The first-order chi connectivity index (χ1) is 12.8. The van der Waals surface area contributed by atoms with Crippen LogP contribution in [-0.4, -0.2) is 10.8 Å². The first-order valence-electron chi connectivity index (χ1n) is 7.69. The van der Waals surface area contributed by atoms with Crippen molar-refractivity contribution in [2.75, 3.05) is 5.43 Å². The maximum atomic E-state index is 6.16. The third-order valence-corrected chi connectivity index (χ3v) is 5.53. The van der Waals surface area contributed by atoms with Gasteiger partial charge >= 0.3 is 0 Å². The lowest BCUT2D eigenvalue weighted by molar-refractivity contribution is 1.21. The SMILES string of the molecule is Clc1ccccc1N/N=C(/N=Nc1nc2ccccc2s1)c1cccs1. The van der Waals surface area contributed by atoms with E-state index in [1.54, 1.807) is 6.07 Å². The highest BCUT2D eigenvalue weighted by Crippen LogP contribution is 2.28. The molecule has 0 saturated carbocycles. The molecule has 0 bridgehead atoms. The molecule has 0 fully saturated rings. The zero-order valence-corrected chi connectivity index (χ0v) is 15.7. The van der Waals surface area contributed by atoms with Crippen molar-refractivity contribution in [1.29, 1.82) is 0 Å². The Kier molecular flexibility index (Phi) is 5.01. The Morgan fingerprint density at radius 3 is 2.65 bits per heavy atom. The molecule has 128 valence electrons. The number of hydrazone groups is 1. The Hall–Kier alpha value is -2.61. The number of anilines is 1. The lowest BCUT2D eigenvalue weighted by atomic mass is 10.3. The number of nitrogens with zero attached hydrogens (tertiary/aromatic N) is 4. The fraction of sp³-hybridized carbons (Fsp3) is 0. The van der Waals surface area contributed by atoms with Gasteiger partial charge in [0.05, 0.1) is 25.8 Å². The molecular weight excluding hydrogens is 386 g/mol. The highest BCUT2D eigenvalue weighted by atomic mass is 35.5. The maximum Gasteiger partial charge on any atom is 0.231 e. The molecule has 0 radical (unpaired) electrons. The normalized spacial score (nSPS) is 12.1. The van der Waals surface area contributed by atoms with Crippen LogP contribution in [0.3, 0.4) is 0 Å². The molecule has 2 aromatic carbocycles. The number of hydrogen-bond donors (Lipinski definition) is 1. The summed E-state index contributed by atoms with van der Waals surface area (Å²) < 4.78 is 1.07. The Morgan fingerprint density at radius 1 is 1.00 bits per heavy atom. The average molecular weight is 398 g/mol. The topological polar surface area (TPSA) is 62.0 Å². The van der Waals surface area contributed by atoms with E-state index in [1.807, 2.05) is 60.0 Å². The van der Waals surface area contributed by atoms with Gasteiger partial charge in [0.25, 0.3) is 0 Å². The highest BCUT2D eigenvalue weighted by molar-refractivity contribution is 7.21. The van der Waals surface area contributed by atoms with Gasteiger partial charge in [-0.15, -0.1) is 21.6 Å². The van der Waals surface area contributed by atoms with Crippen molar-refractivity contribution in [1.82, 2.24) is 4.98 Å². The molecule has 4 rings (SSSR count). The number of rotatable bonds is 4. The minimum absolute atomic E-state index is 0.471. The van der Waals surface area contributed by atoms with Gasteiger partial charge in [-0.2, -0.15) is 5.10 Å². The van der Waals surface area contributed by atoms with E-state index in [9.17, 15) is 0 Å². The Morgan fingerprint density at radius 2 is 1.85 bits per heavy atom. The molecule has 0 atom stereocenters. The average Bonchev–Trinajstić information content (AvgIpc) is 3.32. The van der Waals surface area contributed by atoms with Crippen LogP contribution in [0, 0.1) is 0 Å². The van der Waals surface area contributed by atoms with Gasteiger partial charge in [0.1, 0.15) is 0 Å². The van der Waals surface area contributed by atoms with Gasteiger partial charge < -0.3 is 0 Å². The van der Waals surface area contributed by atoms with Crippen LogP contribution in [0.15, 0.2) is 81.4 Å². The van der Waals surface area contributed by atoms with E-state index in [1.165, 1.54) is 22.7 Å². The number of aromatic nitrogens is 1. The van der Waals surface area contributed by atoms with Crippen LogP contribution < -0.4 is 5.43 Å². The molecule has 0 aliphatic carbocycles. The van der Waals surface area contributed by atoms with Gasteiger partial charge in [0.2, 0.25) is 11.0 Å². The summed E-state index contributed by atoms with van der Waals surface area (Å²) in [7, 11) is 0. The van der Waals surface area contributed by atoms with Gasteiger partial charge in [-0.05, 0) is 35.7 Å². The van der Waals surface area contributed by atoms with E-state index in [2.05, 4.69) is 25.7 Å². The summed E-state index contributed by atoms with van der Waals surface area (Å²) in [6, 6.07) is 19.2. The standard InChI is InChI=1S/C18H12ClN5S2/c19-12-6-1-2-7-13(12)21-22-17(16-10-5-11-25-16)23-24-18-20-14-8-3-4-9-15(14)26-18/h1-11,21H/b22-17+,24-23?. The van der Waals surface area contributed by atoms with E-state index >= 15 is 0 Å². The van der Waals surface area contributed by atoms with Gasteiger partial charge in [-0.3, -0.25) is 5.43 Å². The molecule has 4 aromatic rings. The number of benzene rings is 2. The number of nitrogens with one attached hydrogen (secondary N) is 1. The van der Waals surface area contributed by atoms with Gasteiger partial charge in [0.15, 0.2) is 0 Å². The summed E-state index contributed by atoms with van der Waals surface area (Å²) in [4.78, 5) is 5.36. The summed E-state index contributed by atoms with van der Waals surface area (Å²) >= 11 is 9.18. The molecule has 0 saturated heterocycles. The lowest BCUT2D eigenvalue weighted by Gasteiger charge is -2.03. The summed E-state index contributed by atoms with van der Waals surface area (Å²) in [5.41, 5.74) is 4.58. The van der Waals surface area contributed by atoms with E-state index in [4.69, 9.17) is 11.6 Å². The van der Waals surface area contributed by atoms with Crippen molar-refractivity contribution in [3.63, 3.8) is 0 Å². The monoisotopic (exact) mass is 397 g/mol. The van der Waals surface area contributed by atoms with Crippen LogP contribution in [0.4, 0.5) is 10.8 Å². The third kappa shape index (κ3) is 3.80. The van der Waals surface area contributed by atoms with E-state index in [0.29, 0.717) is 21.7 Å². The van der Waals surface area contributed by atoms with Crippen LogP contribution in [0.1, 0.15) is 4.88 Å². The number of fused-ring (bicyclic) bond motifs is 1. The maximum absolute atomic E-state index is 6.16. The highest BCUT2D eigenvalue weighted by Gasteiger charge is 2.07. The van der Waals surface area contributed by atoms with E-state index in [0.717, 1.165) is 15.1 Å².